The van der Waals surface area contributed by atoms with Crippen LogP contribution in [0.25, 0.3) is 0 Å². The second kappa shape index (κ2) is 5.38. The fraction of sp³-hybridized carbons (Fsp3) is 0.0833. The van der Waals surface area contributed by atoms with Gasteiger partial charge in [0.2, 0.25) is 5.95 Å². The highest BCUT2D eigenvalue weighted by Crippen LogP contribution is 2.34. The number of hydrogen-bond acceptors (Lipinski definition) is 6. The minimum atomic E-state index is -0.347. The summed E-state index contributed by atoms with van der Waals surface area (Å²) >= 11 is 1.30. The predicted molar refractivity (Wildman–Crippen MR) is 71.5 cm³/mol. The monoisotopic (exact) mass is 257 g/mol. The van der Waals surface area contributed by atoms with Gasteiger partial charge in [0.1, 0.15) is 16.1 Å². The molecule has 0 radical (unpaired) electrons. The predicted octanol–water partition coefficient (Wildman–Crippen LogP) is 2.00. The highest BCUT2D eigenvalue weighted by atomic mass is 32.2. The summed E-state index contributed by atoms with van der Waals surface area (Å²) in [5.41, 5.74) is 12.0. The Morgan fingerprint density at radius 3 is 2.50 bits per heavy atom. The normalized spacial score (nSPS) is 11.7. The van der Waals surface area contributed by atoms with Crippen LogP contribution in [0.1, 0.15) is 10.8 Å². The summed E-state index contributed by atoms with van der Waals surface area (Å²) in [4.78, 5) is 7.83. The lowest BCUT2D eigenvalue weighted by molar-refractivity contribution is 1.06. The first-order valence-electron chi connectivity index (χ1n) is 5.20. The maximum atomic E-state index is 9.20. The third-order valence-corrected chi connectivity index (χ3v) is 3.26. The van der Waals surface area contributed by atoms with Gasteiger partial charge in [-0.3, -0.25) is 0 Å². The van der Waals surface area contributed by atoms with Crippen LogP contribution in [0.4, 0.5) is 11.8 Å². The Bertz CT molecular complexity index is 559. The molecular weight excluding hydrogens is 246 g/mol. The van der Waals surface area contributed by atoms with Gasteiger partial charge in [-0.1, -0.05) is 42.1 Å². The molecule has 0 fully saturated rings. The van der Waals surface area contributed by atoms with Crippen molar-refractivity contribution in [1.82, 2.24) is 9.97 Å². The Labute approximate surface area is 109 Å². The van der Waals surface area contributed by atoms with Gasteiger partial charge >= 0.3 is 0 Å². The minimum Gasteiger partial charge on any atom is -0.383 e. The van der Waals surface area contributed by atoms with Crippen LogP contribution in [-0.4, -0.2) is 9.97 Å². The average Bonchev–Trinajstić information content (AvgIpc) is 2.36. The Balaban J connectivity index is 2.24. The average molecular weight is 257 g/mol. The topological polar surface area (TPSA) is 102 Å². The summed E-state index contributed by atoms with van der Waals surface area (Å²) in [5, 5.41) is 9.45. The van der Waals surface area contributed by atoms with Crippen LogP contribution in [0.2, 0.25) is 0 Å². The molecule has 1 aromatic heterocycles. The van der Waals surface area contributed by atoms with Gasteiger partial charge in [-0.05, 0) is 5.56 Å². The number of nitrogen functional groups attached to an aromatic ring is 2. The summed E-state index contributed by atoms with van der Waals surface area (Å²) in [6.45, 7) is 0. The zero-order valence-electron chi connectivity index (χ0n) is 9.45. The molecule has 1 atom stereocenters. The standard InChI is InChI=1S/C12H11N5S/c13-7-9(8-4-2-1-3-5-8)18-11-6-10(14)16-12(15)17-11/h1-6,9H,(H4,14,15,16,17)/t9-/m1/s1. The van der Waals surface area contributed by atoms with Crippen molar-refractivity contribution in [3.8, 4) is 6.07 Å². The van der Waals surface area contributed by atoms with Crippen LogP contribution in [0.3, 0.4) is 0 Å². The number of nitriles is 1. The van der Waals surface area contributed by atoms with E-state index < -0.39 is 0 Å². The number of rotatable bonds is 3. The molecule has 4 N–H and O–H groups in total. The molecule has 6 heteroatoms. The van der Waals surface area contributed by atoms with Crippen molar-refractivity contribution >= 4 is 23.5 Å². The maximum Gasteiger partial charge on any atom is 0.223 e. The van der Waals surface area contributed by atoms with Gasteiger partial charge < -0.3 is 11.5 Å². The number of benzene rings is 1. The third kappa shape index (κ3) is 2.90. The first kappa shape index (κ1) is 12.2. The van der Waals surface area contributed by atoms with E-state index in [1.165, 1.54) is 11.8 Å². The summed E-state index contributed by atoms with van der Waals surface area (Å²) in [7, 11) is 0. The molecule has 0 spiro atoms. The molecule has 0 unspecified atom stereocenters. The maximum absolute atomic E-state index is 9.20. The summed E-state index contributed by atoms with van der Waals surface area (Å²) < 4.78 is 0. The zero-order valence-corrected chi connectivity index (χ0v) is 10.3. The number of anilines is 2. The van der Waals surface area contributed by atoms with Crippen molar-refractivity contribution in [2.24, 2.45) is 0 Å². The van der Waals surface area contributed by atoms with E-state index in [4.69, 9.17) is 11.5 Å². The highest BCUT2D eigenvalue weighted by molar-refractivity contribution is 7.99. The molecule has 2 aromatic rings. The molecule has 0 aliphatic rings. The van der Waals surface area contributed by atoms with Gasteiger partial charge in [-0.25, -0.2) is 4.98 Å². The van der Waals surface area contributed by atoms with E-state index in [-0.39, 0.29) is 11.2 Å². The lowest BCUT2D eigenvalue weighted by Gasteiger charge is -2.08. The van der Waals surface area contributed by atoms with Gasteiger partial charge in [0.05, 0.1) is 6.07 Å². The van der Waals surface area contributed by atoms with E-state index in [2.05, 4.69) is 16.0 Å². The van der Waals surface area contributed by atoms with Gasteiger partial charge in [-0.15, -0.1) is 0 Å². The first-order valence-corrected chi connectivity index (χ1v) is 6.08. The second-order valence-corrected chi connectivity index (χ2v) is 4.65. The second-order valence-electron chi connectivity index (χ2n) is 3.53. The molecule has 1 aromatic carbocycles. The summed E-state index contributed by atoms with van der Waals surface area (Å²) in [6.07, 6.45) is 0. The molecule has 0 saturated heterocycles. The number of nitrogens with two attached hydrogens (primary N) is 2. The Morgan fingerprint density at radius 2 is 1.89 bits per heavy atom. The molecule has 0 aliphatic heterocycles. The van der Waals surface area contributed by atoms with Crippen molar-refractivity contribution in [1.29, 1.82) is 5.26 Å². The van der Waals surface area contributed by atoms with Crippen molar-refractivity contribution in [2.75, 3.05) is 11.5 Å². The lowest BCUT2D eigenvalue weighted by atomic mass is 10.2. The molecule has 5 nitrogen and oxygen atoms in total. The smallest absolute Gasteiger partial charge is 0.223 e. The van der Waals surface area contributed by atoms with Crippen molar-refractivity contribution in [2.45, 2.75) is 10.3 Å². The van der Waals surface area contributed by atoms with Gasteiger partial charge in [0.25, 0.3) is 0 Å². The van der Waals surface area contributed by atoms with E-state index in [0.717, 1.165) is 5.56 Å². The Morgan fingerprint density at radius 1 is 1.17 bits per heavy atom. The van der Waals surface area contributed by atoms with E-state index in [9.17, 15) is 5.26 Å². The molecule has 2 rings (SSSR count). The van der Waals surface area contributed by atoms with E-state index >= 15 is 0 Å². The van der Waals surface area contributed by atoms with E-state index in [1.54, 1.807) is 6.07 Å². The van der Waals surface area contributed by atoms with Crippen LogP contribution in [-0.2, 0) is 0 Å². The molecule has 1 heterocycles. The fourth-order valence-electron chi connectivity index (χ4n) is 1.44. The lowest BCUT2D eigenvalue weighted by Crippen LogP contribution is -2.01. The molecule has 18 heavy (non-hydrogen) atoms. The quantitative estimate of drug-likeness (QED) is 0.644. The van der Waals surface area contributed by atoms with E-state index in [1.807, 2.05) is 30.3 Å². The first-order chi connectivity index (χ1) is 8.69. The highest BCUT2D eigenvalue weighted by Gasteiger charge is 2.13. The Hall–Kier alpha value is -2.26. The van der Waals surface area contributed by atoms with Crippen LogP contribution in [0.15, 0.2) is 41.4 Å². The summed E-state index contributed by atoms with van der Waals surface area (Å²) in [5.74, 6) is 0.414. The molecule has 0 amide bonds. The van der Waals surface area contributed by atoms with E-state index in [0.29, 0.717) is 10.8 Å². The number of aromatic nitrogens is 2. The number of nitrogens with zero attached hydrogens (tertiary/aromatic N) is 3. The van der Waals surface area contributed by atoms with Crippen molar-refractivity contribution < 1.29 is 0 Å². The number of hydrogen-bond donors (Lipinski definition) is 2. The van der Waals surface area contributed by atoms with Crippen molar-refractivity contribution in [3.05, 3.63) is 42.0 Å². The fourth-order valence-corrected chi connectivity index (χ4v) is 2.36. The minimum absolute atomic E-state index is 0.113. The van der Waals surface area contributed by atoms with Crippen LogP contribution in [0, 0.1) is 11.3 Å². The van der Waals surface area contributed by atoms with Gasteiger partial charge in [-0.2, -0.15) is 10.2 Å². The number of thioether (sulfide) groups is 1. The van der Waals surface area contributed by atoms with Crippen LogP contribution in [0.5, 0.6) is 0 Å². The molecule has 0 saturated carbocycles. The van der Waals surface area contributed by atoms with Crippen LogP contribution >= 0.6 is 11.8 Å². The molecule has 0 aliphatic carbocycles. The Kier molecular flexibility index (Phi) is 3.65. The SMILES string of the molecule is N#C[C@@H](Sc1cc(N)nc(N)n1)c1ccccc1. The summed E-state index contributed by atoms with van der Waals surface area (Å²) in [6, 6.07) is 13.3. The molecule has 0 bridgehead atoms. The zero-order chi connectivity index (χ0) is 13.0. The van der Waals surface area contributed by atoms with Crippen molar-refractivity contribution in [3.63, 3.8) is 0 Å². The largest absolute Gasteiger partial charge is 0.383 e. The molecular formula is C12H11N5S. The van der Waals surface area contributed by atoms with Gasteiger partial charge in [0.15, 0.2) is 0 Å². The van der Waals surface area contributed by atoms with Gasteiger partial charge in [0, 0.05) is 6.07 Å². The van der Waals surface area contributed by atoms with Crippen LogP contribution < -0.4 is 11.5 Å². The molecule has 90 valence electrons. The third-order valence-electron chi connectivity index (χ3n) is 2.20.